The van der Waals surface area contributed by atoms with Gasteiger partial charge in [-0.1, -0.05) is 17.8 Å². The molecule has 3 nitrogen and oxygen atoms in total. The number of piperidine rings is 1. The van der Waals surface area contributed by atoms with Gasteiger partial charge >= 0.3 is 12.1 Å². The lowest BCUT2D eigenvalue weighted by molar-refractivity contribution is -0.192. The number of aliphatic carboxylic acids is 1. The highest BCUT2D eigenvalue weighted by Crippen LogP contribution is 2.39. The fraction of sp³-hybridized carbons (Fsp3) is 0.316. The van der Waals surface area contributed by atoms with Crippen molar-refractivity contribution in [3.63, 3.8) is 0 Å². The number of halogens is 6. The van der Waals surface area contributed by atoms with Crippen molar-refractivity contribution in [2.45, 2.75) is 34.7 Å². The maximum atomic E-state index is 14.3. The standard InChI is InChI=1S/C17H16F3NS.C2HF3O2/c18-12-4-5-15(14(20)10-12)22-16-3-1-2-13(19)17(16)11-6-8-21-9-7-11;3-2(4,5)1(6)7/h1-5,10-11,21H,6-9H2;(H,6,7). The molecule has 0 spiro atoms. The minimum Gasteiger partial charge on any atom is -0.475 e. The fourth-order valence-electron chi connectivity index (χ4n) is 2.79. The van der Waals surface area contributed by atoms with E-state index in [1.165, 1.54) is 18.2 Å². The Balaban J connectivity index is 0.000000370. The van der Waals surface area contributed by atoms with Crippen molar-refractivity contribution in [2.24, 2.45) is 0 Å². The van der Waals surface area contributed by atoms with Crippen LogP contribution in [0, 0.1) is 17.5 Å². The molecule has 2 aromatic carbocycles. The summed E-state index contributed by atoms with van der Waals surface area (Å²) in [6, 6.07) is 8.34. The Bertz CT molecular complexity index is 853. The molecule has 29 heavy (non-hydrogen) atoms. The molecule has 0 amide bonds. The molecule has 1 heterocycles. The molecule has 0 unspecified atom stereocenters. The predicted molar refractivity (Wildman–Crippen MR) is 95.4 cm³/mol. The van der Waals surface area contributed by atoms with E-state index in [0.717, 1.165) is 43.8 Å². The monoisotopic (exact) mass is 437 g/mol. The number of benzene rings is 2. The molecule has 1 fully saturated rings. The highest BCUT2D eigenvalue weighted by atomic mass is 32.2. The maximum Gasteiger partial charge on any atom is 0.490 e. The smallest absolute Gasteiger partial charge is 0.475 e. The molecular weight excluding hydrogens is 420 g/mol. The van der Waals surface area contributed by atoms with Gasteiger partial charge in [0, 0.05) is 21.4 Å². The number of carbonyl (C=O) groups is 1. The van der Waals surface area contributed by atoms with Crippen LogP contribution >= 0.6 is 11.8 Å². The maximum absolute atomic E-state index is 14.3. The van der Waals surface area contributed by atoms with Gasteiger partial charge in [-0.15, -0.1) is 0 Å². The van der Waals surface area contributed by atoms with E-state index in [2.05, 4.69) is 5.32 Å². The van der Waals surface area contributed by atoms with Crippen LogP contribution in [0.5, 0.6) is 0 Å². The van der Waals surface area contributed by atoms with Crippen LogP contribution in [0.3, 0.4) is 0 Å². The molecule has 0 aromatic heterocycles. The van der Waals surface area contributed by atoms with E-state index in [4.69, 9.17) is 9.90 Å². The Hall–Kier alpha value is -2.20. The molecule has 2 aromatic rings. The lowest BCUT2D eigenvalue weighted by Gasteiger charge is -2.25. The molecule has 0 aliphatic carbocycles. The first-order valence-electron chi connectivity index (χ1n) is 8.51. The second-order valence-electron chi connectivity index (χ2n) is 6.16. The zero-order valence-electron chi connectivity index (χ0n) is 14.9. The third-order valence-corrected chi connectivity index (χ3v) is 5.24. The molecule has 0 radical (unpaired) electrons. The summed E-state index contributed by atoms with van der Waals surface area (Å²) in [6.45, 7) is 1.71. The number of carboxylic acid groups (broad SMARTS) is 1. The van der Waals surface area contributed by atoms with Gasteiger partial charge in [0.15, 0.2) is 0 Å². The van der Waals surface area contributed by atoms with Gasteiger partial charge in [-0.3, -0.25) is 0 Å². The summed E-state index contributed by atoms with van der Waals surface area (Å²) in [5.41, 5.74) is 0.651. The molecule has 0 atom stereocenters. The van der Waals surface area contributed by atoms with E-state index >= 15 is 0 Å². The molecule has 1 aliphatic heterocycles. The van der Waals surface area contributed by atoms with Gasteiger partial charge in [0.25, 0.3) is 0 Å². The van der Waals surface area contributed by atoms with Crippen LogP contribution in [-0.4, -0.2) is 30.3 Å². The van der Waals surface area contributed by atoms with Gasteiger partial charge in [0.1, 0.15) is 17.5 Å². The van der Waals surface area contributed by atoms with E-state index in [0.29, 0.717) is 15.4 Å². The second kappa shape index (κ2) is 10.0. The average molecular weight is 437 g/mol. The molecular formula is C19H17F6NO2S. The Morgan fingerprint density at radius 2 is 1.62 bits per heavy atom. The lowest BCUT2D eigenvalue weighted by Crippen LogP contribution is -2.27. The summed E-state index contributed by atoms with van der Waals surface area (Å²) in [5, 5.41) is 10.4. The van der Waals surface area contributed by atoms with Crippen LogP contribution in [0.4, 0.5) is 26.3 Å². The molecule has 3 rings (SSSR count). The van der Waals surface area contributed by atoms with Crippen LogP contribution in [0.15, 0.2) is 46.2 Å². The van der Waals surface area contributed by atoms with Crippen molar-refractivity contribution in [2.75, 3.05) is 13.1 Å². The highest BCUT2D eigenvalue weighted by Gasteiger charge is 2.38. The van der Waals surface area contributed by atoms with Crippen LogP contribution in [-0.2, 0) is 4.79 Å². The van der Waals surface area contributed by atoms with Gasteiger partial charge in [-0.2, -0.15) is 13.2 Å². The molecule has 2 N–H and O–H groups in total. The van der Waals surface area contributed by atoms with E-state index < -0.39 is 23.8 Å². The van der Waals surface area contributed by atoms with Crippen LogP contribution in [0.2, 0.25) is 0 Å². The number of hydrogen-bond acceptors (Lipinski definition) is 3. The van der Waals surface area contributed by atoms with Gasteiger partial charge in [-0.05, 0) is 56.1 Å². The van der Waals surface area contributed by atoms with Crippen LogP contribution < -0.4 is 5.32 Å². The number of nitrogens with one attached hydrogen (secondary N) is 1. The van der Waals surface area contributed by atoms with Crippen LogP contribution in [0.1, 0.15) is 24.3 Å². The van der Waals surface area contributed by atoms with E-state index in [9.17, 15) is 26.3 Å². The van der Waals surface area contributed by atoms with Crippen molar-refractivity contribution in [1.29, 1.82) is 0 Å². The van der Waals surface area contributed by atoms with Gasteiger partial charge in [0.05, 0.1) is 0 Å². The molecule has 1 aliphatic rings. The first-order valence-corrected chi connectivity index (χ1v) is 9.33. The Labute approximate surface area is 167 Å². The topological polar surface area (TPSA) is 49.3 Å². The summed E-state index contributed by atoms with van der Waals surface area (Å²) in [5.74, 6) is -4.11. The van der Waals surface area contributed by atoms with Gasteiger partial charge in [0.2, 0.25) is 0 Å². The zero-order chi connectivity index (χ0) is 21.6. The van der Waals surface area contributed by atoms with E-state index in [1.807, 2.05) is 0 Å². The Morgan fingerprint density at radius 1 is 1.00 bits per heavy atom. The fourth-order valence-corrected chi connectivity index (χ4v) is 3.84. The Kier molecular flexibility index (Phi) is 7.97. The van der Waals surface area contributed by atoms with Crippen molar-refractivity contribution in [3.8, 4) is 0 Å². The summed E-state index contributed by atoms with van der Waals surface area (Å²) < 4.78 is 72.9. The normalized spacial score (nSPS) is 14.8. The minimum absolute atomic E-state index is 0.133. The Morgan fingerprint density at radius 3 is 2.17 bits per heavy atom. The summed E-state index contributed by atoms with van der Waals surface area (Å²) >= 11 is 1.16. The summed E-state index contributed by atoms with van der Waals surface area (Å²) in [7, 11) is 0. The highest BCUT2D eigenvalue weighted by molar-refractivity contribution is 7.99. The van der Waals surface area contributed by atoms with Crippen molar-refractivity contribution < 1.29 is 36.2 Å². The lowest BCUT2D eigenvalue weighted by atomic mass is 9.90. The first-order chi connectivity index (χ1) is 13.6. The number of hydrogen-bond donors (Lipinski definition) is 2. The van der Waals surface area contributed by atoms with E-state index in [-0.39, 0.29) is 11.7 Å². The summed E-state index contributed by atoms with van der Waals surface area (Å²) in [6.07, 6.45) is -3.36. The number of carboxylic acids is 1. The third-order valence-electron chi connectivity index (χ3n) is 4.12. The third kappa shape index (κ3) is 6.67. The van der Waals surface area contributed by atoms with Crippen molar-refractivity contribution >= 4 is 17.7 Å². The van der Waals surface area contributed by atoms with Crippen LogP contribution in [0.25, 0.3) is 0 Å². The first kappa shape index (κ1) is 23.1. The molecule has 1 saturated heterocycles. The summed E-state index contributed by atoms with van der Waals surface area (Å²) in [4.78, 5) is 9.91. The molecule has 0 saturated carbocycles. The number of rotatable bonds is 3. The SMILES string of the molecule is Fc1ccc(Sc2cccc(F)c2C2CCNCC2)c(F)c1.O=C(O)C(F)(F)F. The van der Waals surface area contributed by atoms with Crippen molar-refractivity contribution in [1.82, 2.24) is 5.32 Å². The van der Waals surface area contributed by atoms with Gasteiger partial charge in [-0.25, -0.2) is 18.0 Å². The predicted octanol–water partition coefficient (Wildman–Crippen LogP) is 5.36. The van der Waals surface area contributed by atoms with E-state index in [1.54, 1.807) is 12.1 Å². The molecule has 10 heteroatoms. The average Bonchev–Trinajstić information content (AvgIpc) is 2.64. The quantitative estimate of drug-likeness (QED) is 0.636. The van der Waals surface area contributed by atoms with Gasteiger partial charge < -0.3 is 10.4 Å². The second-order valence-corrected chi connectivity index (χ2v) is 7.24. The van der Waals surface area contributed by atoms with Crippen molar-refractivity contribution in [3.05, 3.63) is 59.4 Å². The molecule has 158 valence electrons. The zero-order valence-corrected chi connectivity index (χ0v) is 15.7. The largest absolute Gasteiger partial charge is 0.490 e. The number of alkyl halides is 3. The molecule has 0 bridgehead atoms. The minimum atomic E-state index is -5.08.